The molecule has 2 amide bonds. The van der Waals surface area contributed by atoms with Gasteiger partial charge in [0.2, 0.25) is 5.91 Å². The fourth-order valence-electron chi connectivity index (χ4n) is 3.77. The number of amides is 2. The molecule has 0 saturated carbocycles. The highest BCUT2D eigenvalue weighted by atomic mass is 79.9. The average molecular weight is 546 g/mol. The smallest absolute Gasteiger partial charge is 0.269 e. The van der Waals surface area contributed by atoms with Gasteiger partial charge in [0, 0.05) is 15.8 Å². The van der Waals surface area contributed by atoms with Crippen LogP contribution < -0.4 is 10.2 Å². The Labute approximate surface area is 218 Å². The van der Waals surface area contributed by atoms with Crippen LogP contribution >= 0.6 is 27.7 Å². The molecule has 0 spiro atoms. The molecule has 1 atom stereocenters. The van der Waals surface area contributed by atoms with Crippen LogP contribution in [0, 0.1) is 18.3 Å². The number of carbonyl (C=O) groups excluding carboxylic acids is 2. The zero-order valence-electron chi connectivity index (χ0n) is 19.4. The van der Waals surface area contributed by atoms with Gasteiger partial charge in [-0.1, -0.05) is 76.6 Å². The maximum absolute atomic E-state index is 13.6. The highest BCUT2D eigenvalue weighted by Crippen LogP contribution is 2.42. The molecule has 0 bridgehead atoms. The minimum atomic E-state index is -0.536. The van der Waals surface area contributed by atoms with Crippen molar-refractivity contribution in [3.05, 3.63) is 105 Å². The number of aryl methyl sites for hydroxylation is 2. The van der Waals surface area contributed by atoms with Crippen LogP contribution in [0.25, 0.3) is 0 Å². The lowest BCUT2D eigenvalue weighted by atomic mass is 10.1. The summed E-state index contributed by atoms with van der Waals surface area (Å²) in [5.41, 5.74) is 4.36. The second kappa shape index (κ2) is 10.9. The number of carbonyl (C=O) groups is 2. The normalized spacial score (nSPS) is 16.7. The minimum absolute atomic E-state index is 0.0817. The fourth-order valence-corrected chi connectivity index (χ4v) is 5.34. The van der Waals surface area contributed by atoms with Crippen LogP contribution in [0.1, 0.15) is 23.6 Å². The van der Waals surface area contributed by atoms with Crippen molar-refractivity contribution in [2.24, 2.45) is 0 Å². The number of nitriles is 1. The molecule has 0 aromatic heterocycles. The molecule has 1 aliphatic heterocycles. The summed E-state index contributed by atoms with van der Waals surface area (Å²) >= 11 is 4.70. The fraction of sp³-hybridized carbons (Fsp3) is 0.179. The maximum atomic E-state index is 13.6. The Morgan fingerprint density at radius 1 is 1.03 bits per heavy atom. The van der Waals surface area contributed by atoms with E-state index in [1.807, 2.05) is 67.6 Å². The Morgan fingerprint density at radius 2 is 1.66 bits per heavy atom. The number of thioether (sulfide) groups is 1. The van der Waals surface area contributed by atoms with Gasteiger partial charge in [0.05, 0.1) is 5.25 Å². The SMILES string of the molecule is CCc1ccc(N2C(=O)C(Cc3ccc(Br)cc3)S/C2=C(/C#N)C(=O)Nc2ccc(C)cc2)cc1. The van der Waals surface area contributed by atoms with Crippen molar-refractivity contribution < 1.29 is 9.59 Å². The van der Waals surface area contributed by atoms with Gasteiger partial charge >= 0.3 is 0 Å². The molecule has 0 aliphatic carbocycles. The second-order valence-corrected chi connectivity index (χ2v) is 10.3. The lowest BCUT2D eigenvalue weighted by Gasteiger charge is -2.19. The number of rotatable bonds is 6. The topological polar surface area (TPSA) is 73.2 Å². The third-order valence-electron chi connectivity index (χ3n) is 5.75. The minimum Gasteiger partial charge on any atom is -0.321 e. The molecule has 1 heterocycles. The van der Waals surface area contributed by atoms with Crippen LogP contribution in [0.3, 0.4) is 0 Å². The van der Waals surface area contributed by atoms with Crippen molar-refractivity contribution in [3.8, 4) is 6.07 Å². The van der Waals surface area contributed by atoms with Crippen molar-refractivity contribution in [3.63, 3.8) is 0 Å². The molecule has 3 aromatic carbocycles. The first-order valence-electron chi connectivity index (χ1n) is 11.3. The van der Waals surface area contributed by atoms with Crippen LogP contribution in [-0.4, -0.2) is 17.1 Å². The average Bonchev–Trinajstić information content (AvgIpc) is 3.17. The van der Waals surface area contributed by atoms with Gasteiger partial charge in [0.15, 0.2) is 0 Å². The molecule has 1 N–H and O–H groups in total. The summed E-state index contributed by atoms with van der Waals surface area (Å²) in [5.74, 6) is -0.681. The standard InChI is InChI=1S/C28H24BrN3O2S/c1-3-19-8-14-23(15-9-19)32-27(34)25(16-20-6-10-21(29)11-7-20)35-28(32)24(17-30)26(33)31-22-12-4-18(2)5-13-22/h4-15,25H,3,16H2,1-2H3,(H,31,33)/b28-24-. The van der Waals surface area contributed by atoms with Gasteiger partial charge in [0.25, 0.3) is 5.91 Å². The Morgan fingerprint density at radius 3 is 2.26 bits per heavy atom. The molecule has 1 saturated heterocycles. The van der Waals surface area contributed by atoms with E-state index in [0.717, 1.165) is 27.6 Å². The van der Waals surface area contributed by atoms with Gasteiger partial charge in [-0.2, -0.15) is 5.26 Å². The van der Waals surface area contributed by atoms with E-state index in [2.05, 4.69) is 34.2 Å². The summed E-state index contributed by atoms with van der Waals surface area (Å²) in [6.07, 6.45) is 1.36. The van der Waals surface area contributed by atoms with Gasteiger partial charge in [-0.3, -0.25) is 14.5 Å². The van der Waals surface area contributed by atoms with E-state index in [4.69, 9.17) is 0 Å². The third-order valence-corrected chi connectivity index (χ3v) is 7.54. The molecule has 176 valence electrons. The van der Waals surface area contributed by atoms with E-state index in [0.29, 0.717) is 22.8 Å². The zero-order valence-corrected chi connectivity index (χ0v) is 21.8. The molecule has 3 aromatic rings. The van der Waals surface area contributed by atoms with Crippen molar-refractivity contribution >= 4 is 50.9 Å². The van der Waals surface area contributed by atoms with Gasteiger partial charge < -0.3 is 5.32 Å². The number of hydrogen-bond donors (Lipinski definition) is 1. The number of nitrogens with one attached hydrogen (secondary N) is 1. The number of nitrogens with zero attached hydrogens (tertiary/aromatic N) is 2. The van der Waals surface area contributed by atoms with Crippen LogP contribution in [0.15, 0.2) is 87.9 Å². The lowest BCUT2D eigenvalue weighted by Crippen LogP contribution is -2.30. The van der Waals surface area contributed by atoms with E-state index in [1.165, 1.54) is 16.7 Å². The highest BCUT2D eigenvalue weighted by molar-refractivity contribution is 9.10. The summed E-state index contributed by atoms with van der Waals surface area (Å²) in [6, 6.07) is 24.9. The number of benzene rings is 3. The van der Waals surface area contributed by atoms with E-state index in [9.17, 15) is 14.9 Å². The van der Waals surface area contributed by atoms with E-state index in [-0.39, 0.29) is 11.5 Å². The Kier molecular flexibility index (Phi) is 7.74. The lowest BCUT2D eigenvalue weighted by molar-refractivity contribution is -0.117. The zero-order chi connectivity index (χ0) is 24.9. The summed E-state index contributed by atoms with van der Waals surface area (Å²) in [7, 11) is 0. The molecule has 0 radical (unpaired) electrons. The van der Waals surface area contributed by atoms with Crippen LogP contribution in [-0.2, 0) is 22.4 Å². The molecule has 35 heavy (non-hydrogen) atoms. The number of anilines is 2. The summed E-state index contributed by atoms with van der Waals surface area (Å²) in [6.45, 7) is 4.02. The first-order valence-corrected chi connectivity index (χ1v) is 12.9. The summed E-state index contributed by atoms with van der Waals surface area (Å²) < 4.78 is 0.962. The molecule has 7 heteroatoms. The Balaban J connectivity index is 1.71. The van der Waals surface area contributed by atoms with Crippen LogP contribution in [0.5, 0.6) is 0 Å². The van der Waals surface area contributed by atoms with Crippen molar-refractivity contribution in [2.75, 3.05) is 10.2 Å². The molecule has 4 rings (SSSR count). The molecule has 1 unspecified atom stereocenters. The first-order chi connectivity index (χ1) is 16.9. The van der Waals surface area contributed by atoms with Gasteiger partial charge in [0.1, 0.15) is 16.7 Å². The predicted molar refractivity (Wildman–Crippen MR) is 145 cm³/mol. The van der Waals surface area contributed by atoms with Gasteiger partial charge in [-0.05, 0) is 67.3 Å². The van der Waals surface area contributed by atoms with Gasteiger partial charge in [-0.25, -0.2) is 0 Å². The Bertz CT molecular complexity index is 1310. The molecular formula is C28H24BrN3O2S. The van der Waals surface area contributed by atoms with Crippen molar-refractivity contribution in [1.29, 1.82) is 5.26 Å². The number of halogens is 1. The van der Waals surface area contributed by atoms with Crippen LogP contribution in [0.2, 0.25) is 0 Å². The second-order valence-electron chi connectivity index (χ2n) is 8.24. The van der Waals surface area contributed by atoms with E-state index < -0.39 is 11.2 Å². The molecule has 1 fully saturated rings. The van der Waals surface area contributed by atoms with Crippen LogP contribution in [0.4, 0.5) is 11.4 Å². The largest absolute Gasteiger partial charge is 0.321 e. The Hall–Kier alpha value is -3.34. The predicted octanol–water partition coefficient (Wildman–Crippen LogP) is 6.38. The van der Waals surface area contributed by atoms with E-state index in [1.54, 1.807) is 12.1 Å². The maximum Gasteiger partial charge on any atom is 0.269 e. The first kappa shape index (κ1) is 24.8. The summed E-state index contributed by atoms with van der Waals surface area (Å²) in [5, 5.41) is 12.7. The molecular weight excluding hydrogens is 522 g/mol. The third kappa shape index (κ3) is 5.67. The summed E-state index contributed by atoms with van der Waals surface area (Å²) in [4.78, 5) is 28.3. The van der Waals surface area contributed by atoms with Gasteiger partial charge in [-0.15, -0.1) is 0 Å². The highest BCUT2D eigenvalue weighted by Gasteiger charge is 2.40. The van der Waals surface area contributed by atoms with Crippen molar-refractivity contribution in [1.82, 2.24) is 0 Å². The quantitative estimate of drug-likeness (QED) is 0.288. The van der Waals surface area contributed by atoms with Crippen molar-refractivity contribution in [2.45, 2.75) is 31.9 Å². The molecule has 5 nitrogen and oxygen atoms in total. The monoisotopic (exact) mass is 545 g/mol. The molecule has 1 aliphatic rings. The number of hydrogen-bond acceptors (Lipinski definition) is 4. The van der Waals surface area contributed by atoms with E-state index >= 15 is 0 Å².